The Morgan fingerprint density at radius 1 is 0.800 bits per heavy atom. The van der Waals surface area contributed by atoms with Crippen molar-refractivity contribution in [1.82, 2.24) is 15.1 Å². The van der Waals surface area contributed by atoms with E-state index >= 15 is 0 Å². The lowest BCUT2D eigenvalue weighted by molar-refractivity contribution is 0.185. The van der Waals surface area contributed by atoms with Crippen LogP contribution < -0.4 is 5.32 Å². The van der Waals surface area contributed by atoms with E-state index in [2.05, 4.69) is 76.3 Å². The van der Waals surface area contributed by atoms with E-state index in [4.69, 9.17) is 11.6 Å². The quantitative estimate of drug-likeness (QED) is 0.229. The number of hydrogen-bond acceptors (Lipinski definition) is 3. The van der Waals surface area contributed by atoms with Crippen LogP contribution in [0.1, 0.15) is 66.8 Å². The van der Waals surface area contributed by atoms with Crippen LogP contribution in [0.5, 0.6) is 0 Å². The normalized spacial score (nSPS) is 16.2. The zero-order valence-electron chi connectivity index (χ0n) is 24.5. The van der Waals surface area contributed by atoms with Crippen molar-refractivity contribution >= 4 is 11.6 Å². The Hall–Kier alpha value is -2.61. The lowest BCUT2D eigenvalue weighted by atomic mass is 9.99. The van der Waals surface area contributed by atoms with E-state index in [-0.39, 0.29) is 0 Å². The second-order valence-corrected chi connectivity index (χ2v) is 11.8. The first-order valence-electron chi connectivity index (χ1n) is 15.1. The van der Waals surface area contributed by atoms with Gasteiger partial charge in [-0.25, -0.2) is 0 Å². The first-order chi connectivity index (χ1) is 19.5. The third-order valence-electron chi connectivity index (χ3n) is 7.95. The number of likely N-dealkylation sites (tertiary alicyclic amines) is 2. The molecule has 4 heteroatoms. The highest BCUT2D eigenvalue weighted by Gasteiger charge is 2.15. The lowest BCUT2D eigenvalue weighted by Gasteiger charge is -2.30. The van der Waals surface area contributed by atoms with Gasteiger partial charge in [-0.15, -0.1) is 0 Å². The minimum Gasteiger partial charge on any atom is -0.313 e. The molecule has 0 spiro atoms. The Labute approximate surface area is 247 Å². The summed E-state index contributed by atoms with van der Waals surface area (Å²) in [4.78, 5) is 5.12. The van der Waals surface area contributed by atoms with Crippen LogP contribution in [0.2, 0.25) is 5.02 Å². The Kier molecular flexibility index (Phi) is 12.6. The summed E-state index contributed by atoms with van der Waals surface area (Å²) >= 11 is 6.11. The van der Waals surface area contributed by atoms with Gasteiger partial charge in [0.15, 0.2) is 0 Å². The molecule has 0 aliphatic carbocycles. The van der Waals surface area contributed by atoms with Crippen LogP contribution in [-0.2, 0) is 13.1 Å². The van der Waals surface area contributed by atoms with Crippen LogP contribution in [0.4, 0.5) is 0 Å². The molecule has 0 amide bonds. The first kappa shape index (κ1) is 30.4. The van der Waals surface area contributed by atoms with Gasteiger partial charge in [-0.3, -0.25) is 4.90 Å². The molecule has 2 saturated heterocycles. The summed E-state index contributed by atoms with van der Waals surface area (Å²) in [6.45, 7) is 13.8. The number of halogens is 1. The van der Waals surface area contributed by atoms with Crippen molar-refractivity contribution in [2.24, 2.45) is 5.92 Å². The minimum atomic E-state index is 0.867. The fraction of sp³-hybridized carbons (Fsp3) is 0.444. The molecule has 2 heterocycles. The van der Waals surface area contributed by atoms with Crippen molar-refractivity contribution in [1.29, 1.82) is 0 Å². The van der Waals surface area contributed by atoms with Gasteiger partial charge in [0.2, 0.25) is 0 Å². The largest absolute Gasteiger partial charge is 0.313 e. The van der Waals surface area contributed by atoms with Gasteiger partial charge in [0.1, 0.15) is 0 Å². The van der Waals surface area contributed by atoms with Gasteiger partial charge in [-0.05, 0) is 131 Å². The molecule has 5 rings (SSSR count). The van der Waals surface area contributed by atoms with Crippen LogP contribution in [0.3, 0.4) is 0 Å². The summed E-state index contributed by atoms with van der Waals surface area (Å²) in [7, 11) is 0. The molecule has 0 aromatic heterocycles. The third-order valence-corrected chi connectivity index (χ3v) is 8.36. The monoisotopic (exact) mass is 555 g/mol. The third kappa shape index (κ3) is 10.8. The van der Waals surface area contributed by atoms with Crippen LogP contribution >= 0.6 is 11.6 Å². The fourth-order valence-corrected chi connectivity index (χ4v) is 5.45. The van der Waals surface area contributed by atoms with E-state index in [1.54, 1.807) is 0 Å². The van der Waals surface area contributed by atoms with Gasteiger partial charge in [-0.1, -0.05) is 72.8 Å². The van der Waals surface area contributed by atoms with E-state index in [1.165, 1.54) is 76.0 Å². The Bertz CT molecular complexity index is 1200. The average molecular weight is 556 g/mol. The maximum Gasteiger partial charge on any atom is 0.0438 e. The highest BCUT2D eigenvalue weighted by molar-refractivity contribution is 6.31. The van der Waals surface area contributed by atoms with Gasteiger partial charge in [0, 0.05) is 29.2 Å². The molecule has 2 aliphatic heterocycles. The van der Waals surface area contributed by atoms with Crippen LogP contribution in [0.15, 0.2) is 72.8 Å². The molecular weight excluding hydrogens is 510 g/mol. The number of nitrogens with zero attached hydrogens (tertiary/aromatic N) is 2. The Morgan fingerprint density at radius 3 is 2.12 bits per heavy atom. The minimum absolute atomic E-state index is 0.867. The van der Waals surface area contributed by atoms with Gasteiger partial charge in [-0.2, -0.15) is 0 Å². The van der Waals surface area contributed by atoms with Crippen LogP contribution in [0, 0.1) is 24.7 Å². The molecule has 2 fully saturated rings. The maximum absolute atomic E-state index is 6.11. The summed E-state index contributed by atoms with van der Waals surface area (Å²) in [6.07, 6.45) is 6.67. The van der Waals surface area contributed by atoms with Crippen molar-refractivity contribution in [3.05, 3.63) is 106 Å². The summed E-state index contributed by atoms with van der Waals surface area (Å²) in [5.74, 6) is 7.34. The van der Waals surface area contributed by atoms with E-state index in [0.29, 0.717) is 0 Å². The number of aryl methyl sites for hydroxylation is 1. The van der Waals surface area contributed by atoms with E-state index in [9.17, 15) is 0 Å². The molecule has 1 N–H and O–H groups in total. The standard InChI is InChI=1S/C21H23N.C15H23ClN2/c1-18-13-15-22(16-14-18)17-21-11-9-20(10-12-21)8-7-19-5-3-2-4-6-19;1-13-5-6-14(11-15(13)16)12-17-7-4-10-18-8-2-3-9-18/h2-6,9-12,18H,13-17H2,1H3;5-6,11,17H,2-4,7-10,12H2,1H3. The molecule has 2 aliphatic rings. The van der Waals surface area contributed by atoms with Crippen LogP contribution in [0.25, 0.3) is 0 Å². The van der Waals surface area contributed by atoms with Crippen molar-refractivity contribution in [2.45, 2.75) is 59.0 Å². The van der Waals surface area contributed by atoms with Crippen molar-refractivity contribution in [3.63, 3.8) is 0 Å². The highest BCUT2D eigenvalue weighted by Crippen LogP contribution is 2.18. The van der Waals surface area contributed by atoms with Crippen molar-refractivity contribution in [2.75, 3.05) is 39.3 Å². The number of rotatable bonds is 8. The summed E-state index contributed by atoms with van der Waals surface area (Å²) in [5, 5.41) is 4.35. The van der Waals surface area contributed by atoms with E-state index in [0.717, 1.165) is 47.3 Å². The molecule has 0 radical (unpaired) electrons. The molecule has 0 saturated carbocycles. The van der Waals surface area contributed by atoms with Gasteiger partial charge in [0.25, 0.3) is 0 Å². The Morgan fingerprint density at radius 2 is 1.45 bits per heavy atom. The maximum atomic E-state index is 6.11. The molecule has 0 unspecified atom stereocenters. The molecule has 3 aromatic carbocycles. The molecule has 0 atom stereocenters. The first-order valence-corrected chi connectivity index (χ1v) is 15.5. The lowest BCUT2D eigenvalue weighted by Crippen LogP contribution is -2.32. The zero-order valence-corrected chi connectivity index (χ0v) is 25.2. The summed E-state index contributed by atoms with van der Waals surface area (Å²) < 4.78 is 0. The second kappa shape index (κ2) is 16.6. The fourth-order valence-electron chi connectivity index (χ4n) is 5.25. The van der Waals surface area contributed by atoms with Gasteiger partial charge < -0.3 is 10.2 Å². The summed E-state index contributed by atoms with van der Waals surface area (Å²) in [6, 6.07) is 25.1. The topological polar surface area (TPSA) is 18.5 Å². The highest BCUT2D eigenvalue weighted by atomic mass is 35.5. The van der Waals surface area contributed by atoms with Crippen molar-refractivity contribution < 1.29 is 0 Å². The van der Waals surface area contributed by atoms with Crippen LogP contribution in [-0.4, -0.2) is 49.1 Å². The van der Waals surface area contributed by atoms with E-state index in [1.807, 2.05) is 37.3 Å². The predicted molar refractivity (Wildman–Crippen MR) is 171 cm³/mol. The average Bonchev–Trinajstić information content (AvgIpc) is 3.50. The zero-order chi connectivity index (χ0) is 28.0. The smallest absolute Gasteiger partial charge is 0.0438 e. The van der Waals surface area contributed by atoms with Crippen molar-refractivity contribution in [3.8, 4) is 11.8 Å². The summed E-state index contributed by atoms with van der Waals surface area (Å²) in [5.41, 5.74) is 5.95. The van der Waals surface area contributed by atoms with Gasteiger partial charge in [0.05, 0.1) is 0 Å². The SMILES string of the molecule is CC1CCN(Cc2ccc(C#Cc3ccccc3)cc2)CC1.Cc1ccc(CNCCCN2CCCC2)cc1Cl. The molecule has 3 nitrogen and oxygen atoms in total. The number of nitrogens with one attached hydrogen (secondary N) is 1. The number of benzene rings is 3. The molecular formula is C36H46ClN3. The predicted octanol–water partition coefficient (Wildman–Crippen LogP) is 7.54. The molecule has 212 valence electrons. The van der Waals surface area contributed by atoms with E-state index < -0.39 is 0 Å². The second-order valence-electron chi connectivity index (χ2n) is 11.4. The number of hydrogen-bond donors (Lipinski definition) is 1. The Balaban J connectivity index is 0.000000189. The molecule has 0 bridgehead atoms. The molecule has 3 aromatic rings. The molecule has 40 heavy (non-hydrogen) atoms. The number of piperidine rings is 1. The van der Waals surface area contributed by atoms with Gasteiger partial charge >= 0.3 is 0 Å².